The second-order valence-corrected chi connectivity index (χ2v) is 60.6. The van der Waals surface area contributed by atoms with Crippen LogP contribution >= 0.6 is 0 Å². The van der Waals surface area contributed by atoms with Crippen LogP contribution in [0.5, 0.6) is 0 Å². The van der Waals surface area contributed by atoms with E-state index in [1.807, 2.05) is 0 Å². The topological polar surface area (TPSA) is 0 Å². The molecule has 0 radical (unpaired) electrons. The maximum absolute atomic E-state index is 3.74. The van der Waals surface area contributed by atoms with Gasteiger partial charge in [0.15, 0.2) is 0 Å². The zero-order chi connectivity index (χ0) is 28.1. The Balaban J connectivity index is 1.53. The maximum atomic E-state index is 2.85. The van der Waals surface area contributed by atoms with Crippen molar-refractivity contribution in [3.05, 3.63) is 130 Å². The molecule has 40 heavy (non-hydrogen) atoms. The van der Waals surface area contributed by atoms with Crippen LogP contribution in [0.1, 0.15) is 54.1 Å². The first-order valence-corrected chi connectivity index (χ1v) is 33.9. The Kier molecular flexibility index (Phi) is 7.16. The predicted molar refractivity (Wildman–Crippen MR) is 175 cm³/mol. The molecule has 0 aromatic heterocycles. The molecule has 2 unspecified atom stereocenters. The van der Waals surface area contributed by atoms with Crippen molar-refractivity contribution in [1.82, 2.24) is 0 Å². The van der Waals surface area contributed by atoms with Crippen molar-refractivity contribution in [2.75, 3.05) is 0 Å². The summed E-state index contributed by atoms with van der Waals surface area (Å²) in [6.45, 7) is 9.44. The van der Waals surface area contributed by atoms with Crippen molar-refractivity contribution < 1.29 is 17.1 Å². The van der Waals surface area contributed by atoms with Gasteiger partial charge in [-0.3, -0.25) is 0 Å². The van der Waals surface area contributed by atoms with Gasteiger partial charge in [-0.2, -0.15) is 0 Å². The third-order valence-corrected chi connectivity index (χ3v) is 68.6. The number of hydrogen-bond acceptors (Lipinski definition) is 0. The van der Waals surface area contributed by atoms with Gasteiger partial charge >= 0.3 is 244 Å². The fraction of sp³-hybridized carbons (Fsp3) is 0.263. The van der Waals surface area contributed by atoms with E-state index in [9.17, 15) is 0 Å². The zero-order valence-electron chi connectivity index (χ0n) is 25.0. The van der Waals surface area contributed by atoms with Crippen LogP contribution in [0, 0.1) is 13.8 Å². The van der Waals surface area contributed by atoms with Gasteiger partial charge in [-0.1, -0.05) is 0 Å². The second kappa shape index (κ2) is 10.4. The molecule has 0 fully saturated rings. The molecule has 0 saturated heterocycles. The molecule has 4 aromatic carbocycles. The Morgan fingerprint density at radius 2 is 1.05 bits per heavy atom. The molecule has 0 nitrogen and oxygen atoms in total. The van der Waals surface area contributed by atoms with Gasteiger partial charge in [-0.25, -0.2) is 0 Å². The second-order valence-electron chi connectivity index (χ2n) is 13.2. The van der Waals surface area contributed by atoms with Crippen molar-refractivity contribution in [2.24, 2.45) is 0 Å². The molecule has 0 bridgehead atoms. The Morgan fingerprint density at radius 3 is 1.45 bits per heavy atom. The van der Waals surface area contributed by atoms with Crippen LogP contribution in [-0.2, 0) is 17.1 Å². The van der Waals surface area contributed by atoms with Crippen LogP contribution in [0.2, 0.25) is 22.0 Å². The van der Waals surface area contributed by atoms with E-state index in [4.69, 9.17) is 0 Å². The molecule has 0 amide bonds. The van der Waals surface area contributed by atoms with E-state index in [1.54, 1.807) is 11.1 Å². The molecule has 2 heteroatoms. The molecule has 0 saturated carbocycles. The third kappa shape index (κ3) is 4.34. The number of allylic oxidation sites excluding steroid dienone is 2. The predicted octanol–water partition coefficient (Wildman–Crippen LogP) is 11.3. The number of hydrogen-bond donors (Lipinski definition) is 0. The Bertz CT molecular complexity index is 1610. The Labute approximate surface area is 242 Å². The fourth-order valence-electron chi connectivity index (χ4n) is 7.69. The number of aryl methyl sites for hydroxylation is 2. The summed E-state index contributed by atoms with van der Waals surface area (Å²) >= 11 is -3.74. The molecule has 0 spiro atoms. The van der Waals surface area contributed by atoms with Crippen molar-refractivity contribution in [1.29, 1.82) is 0 Å². The van der Waals surface area contributed by atoms with Gasteiger partial charge in [0.25, 0.3) is 0 Å². The standard InChI is InChI=1S/2C16H13.C4H10Si.2CH3.Hf/c2*1-12-8-10-14(11-9-12)16-7-3-5-13-4-2-6-15(13)16;1-3-4-5-2;;;/h2*2-11H,1H3;3-4H2,1-2H3;2*1H3;. The van der Waals surface area contributed by atoms with E-state index in [0.29, 0.717) is 7.35 Å². The summed E-state index contributed by atoms with van der Waals surface area (Å²) in [4.78, 5) is 0. The summed E-state index contributed by atoms with van der Waals surface area (Å²) in [6, 6.07) is 33.8. The number of fused-ring (bicyclic) bond motifs is 2. The van der Waals surface area contributed by atoms with Crippen LogP contribution in [-0.4, -0.2) is 5.49 Å². The zero-order valence-corrected chi connectivity index (χ0v) is 29.6. The molecular weight excluding hydrogens is 663 g/mol. The van der Waals surface area contributed by atoms with E-state index in [2.05, 4.69) is 146 Å². The average molecular weight is 705 g/mol. The van der Waals surface area contributed by atoms with Gasteiger partial charge < -0.3 is 0 Å². The third-order valence-electron chi connectivity index (χ3n) is 10.5. The van der Waals surface area contributed by atoms with Crippen LogP contribution in [0.3, 0.4) is 0 Å². The average Bonchev–Trinajstić information content (AvgIpc) is 3.60. The van der Waals surface area contributed by atoms with E-state index < -0.39 is 22.6 Å². The molecule has 202 valence electrons. The summed E-state index contributed by atoms with van der Waals surface area (Å²) in [5.74, 6) is 0. The fourth-order valence-corrected chi connectivity index (χ4v) is 52.1. The van der Waals surface area contributed by atoms with E-state index >= 15 is 0 Å². The van der Waals surface area contributed by atoms with Crippen LogP contribution in [0.4, 0.5) is 0 Å². The van der Waals surface area contributed by atoms with Gasteiger partial charge in [0.2, 0.25) is 0 Å². The minimum atomic E-state index is -3.74. The molecule has 0 aliphatic heterocycles. The first kappa shape index (κ1) is 27.6. The number of benzene rings is 4. The molecule has 4 aromatic rings. The Morgan fingerprint density at radius 1 is 0.625 bits per heavy atom. The van der Waals surface area contributed by atoms with Gasteiger partial charge in [0.1, 0.15) is 0 Å². The molecular formula is C38H42HfSi. The van der Waals surface area contributed by atoms with Crippen molar-refractivity contribution in [3.63, 3.8) is 0 Å². The summed E-state index contributed by atoms with van der Waals surface area (Å²) in [7, 11) is 0. The van der Waals surface area contributed by atoms with E-state index in [-0.39, 0.29) is 0 Å². The van der Waals surface area contributed by atoms with E-state index in [1.165, 1.54) is 57.0 Å². The molecule has 0 N–H and O–H groups in total. The van der Waals surface area contributed by atoms with Crippen LogP contribution in [0.25, 0.3) is 34.4 Å². The molecule has 0 heterocycles. The summed E-state index contributed by atoms with van der Waals surface area (Å²) in [6.07, 6.45) is 11.6. The summed E-state index contributed by atoms with van der Waals surface area (Å²) < 4.78 is 6.86. The molecule has 2 atom stereocenters. The summed E-state index contributed by atoms with van der Waals surface area (Å²) in [5.41, 5.74) is 13.6. The first-order chi connectivity index (χ1) is 19.2. The molecule has 2 aliphatic carbocycles. The number of rotatable bonds is 6. The first-order valence-electron chi connectivity index (χ1n) is 15.0. The van der Waals surface area contributed by atoms with Crippen molar-refractivity contribution in [3.8, 4) is 22.3 Å². The van der Waals surface area contributed by atoms with Crippen molar-refractivity contribution in [2.45, 2.75) is 56.5 Å². The van der Waals surface area contributed by atoms with Gasteiger partial charge in [0.05, 0.1) is 0 Å². The van der Waals surface area contributed by atoms with Gasteiger partial charge in [0, 0.05) is 0 Å². The quantitative estimate of drug-likeness (QED) is 0.175. The van der Waals surface area contributed by atoms with Crippen LogP contribution in [0.15, 0.2) is 97.1 Å². The minimum absolute atomic E-state index is 0.573. The monoisotopic (exact) mass is 706 g/mol. The normalized spacial score (nSPS) is 17.7. The van der Waals surface area contributed by atoms with Crippen LogP contribution < -0.4 is 0 Å². The Hall–Kier alpha value is -2.55. The van der Waals surface area contributed by atoms with Crippen molar-refractivity contribution >= 4 is 17.6 Å². The molecule has 6 rings (SSSR count). The van der Waals surface area contributed by atoms with Gasteiger partial charge in [-0.05, 0) is 0 Å². The molecule has 2 aliphatic rings. The van der Waals surface area contributed by atoms with E-state index in [0.717, 1.165) is 0 Å². The summed E-state index contributed by atoms with van der Waals surface area (Å²) in [5, 5.41) is 0. The van der Waals surface area contributed by atoms with Gasteiger partial charge in [-0.15, -0.1) is 0 Å². The SMILES string of the molecule is CCC[Si](C)=[Hf]([CH3])([CH3])([CH]1C=Cc2c(-c3ccc(C)cc3)cccc21)[CH]1C=Cc2c(-c3ccc(C)cc3)cccc21.